The van der Waals surface area contributed by atoms with Crippen LogP contribution in [0.3, 0.4) is 0 Å². The van der Waals surface area contributed by atoms with E-state index in [1.54, 1.807) is 18.2 Å². The van der Waals surface area contributed by atoms with Crippen LogP contribution in [0.4, 0.5) is 0 Å². The summed E-state index contributed by atoms with van der Waals surface area (Å²) in [7, 11) is 0. The normalized spacial score (nSPS) is 16.3. The van der Waals surface area contributed by atoms with Gasteiger partial charge in [0.05, 0.1) is 0 Å². The molecule has 1 aliphatic carbocycles. The topological polar surface area (TPSA) is 0 Å². The van der Waals surface area contributed by atoms with Crippen LogP contribution in [0.1, 0.15) is 103 Å². The molecule has 0 nitrogen and oxygen atoms in total. The Labute approximate surface area is 172 Å². The number of hydrogen-bond acceptors (Lipinski definition) is 1. The van der Waals surface area contributed by atoms with Gasteiger partial charge in [0.1, 0.15) is 0 Å². The van der Waals surface area contributed by atoms with E-state index in [1.165, 1.54) is 83.5 Å². The molecule has 1 heterocycles. The molecule has 2 rings (SSSR count). The van der Waals surface area contributed by atoms with Crippen molar-refractivity contribution in [1.82, 2.24) is 0 Å². The Bertz CT molecular complexity index is 451. The van der Waals surface area contributed by atoms with Crippen LogP contribution in [0.25, 0.3) is 0 Å². The monoisotopic (exact) mass is 484 g/mol. The Balaban J connectivity index is 2.05. The van der Waals surface area contributed by atoms with E-state index in [0.29, 0.717) is 0 Å². The van der Waals surface area contributed by atoms with Crippen molar-refractivity contribution in [1.29, 1.82) is 0 Å². The van der Waals surface area contributed by atoms with Crippen molar-refractivity contribution < 1.29 is 0 Å². The molecule has 150 valence electrons. The second-order valence-electron chi connectivity index (χ2n) is 8.90. The van der Waals surface area contributed by atoms with Crippen LogP contribution in [0.2, 0.25) is 13.3 Å². The van der Waals surface area contributed by atoms with E-state index in [1.807, 2.05) is 2.89 Å². The quantitative estimate of drug-likeness (QED) is 0.248. The van der Waals surface area contributed by atoms with Gasteiger partial charge < -0.3 is 0 Å². The summed E-state index contributed by atoms with van der Waals surface area (Å²) in [6.07, 6.45) is 18.9. The maximum absolute atomic E-state index is 2.62. The van der Waals surface area contributed by atoms with E-state index in [4.69, 9.17) is 0 Å². The first kappa shape index (κ1) is 22.8. The second-order valence-corrected chi connectivity index (χ2v) is 24.2. The zero-order valence-electron chi connectivity index (χ0n) is 18.0. The van der Waals surface area contributed by atoms with Gasteiger partial charge in [-0.05, 0) is 0 Å². The molecular weight excluding hydrogens is 439 g/mol. The van der Waals surface area contributed by atoms with E-state index in [-0.39, 0.29) is 0 Å². The van der Waals surface area contributed by atoms with E-state index in [9.17, 15) is 0 Å². The molecule has 1 fully saturated rings. The summed E-state index contributed by atoms with van der Waals surface area (Å²) in [4.78, 5) is 1.72. The fourth-order valence-electron chi connectivity index (χ4n) is 4.91. The first-order valence-corrected chi connectivity index (χ1v) is 20.1. The Morgan fingerprint density at radius 3 is 1.96 bits per heavy atom. The molecule has 0 N–H and O–H groups in total. The molecule has 0 spiro atoms. The second kappa shape index (κ2) is 12.9. The summed E-state index contributed by atoms with van der Waals surface area (Å²) >= 11 is 0.116. The van der Waals surface area contributed by atoms with Gasteiger partial charge in [-0.1, -0.05) is 0 Å². The summed E-state index contributed by atoms with van der Waals surface area (Å²) in [5.74, 6) is 1.03. The molecule has 0 aromatic carbocycles. The van der Waals surface area contributed by atoms with Crippen molar-refractivity contribution in [2.24, 2.45) is 5.92 Å². The van der Waals surface area contributed by atoms with Crippen molar-refractivity contribution in [2.45, 2.75) is 118 Å². The number of rotatable bonds is 13. The molecule has 0 radical (unpaired) electrons. The first-order chi connectivity index (χ1) is 12.7. The number of hydrogen-bond donors (Lipinski definition) is 0. The third-order valence-electron chi connectivity index (χ3n) is 6.73. The van der Waals surface area contributed by atoms with Crippen molar-refractivity contribution in [2.75, 3.05) is 0 Å². The molecule has 0 unspecified atom stereocenters. The number of thiophene rings is 1. The minimum atomic E-state index is -2.16. The van der Waals surface area contributed by atoms with E-state index >= 15 is 0 Å². The average Bonchev–Trinajstić information content (AvgIpc) is 3.16. The van der Waals surface area contributed by atoms with E-state index < -0.39 is 18.4 Å². The van der Waals surface area contributed by atoms with Crippen LogP contribution in [0.5, 0.6) is 0 Å². The van der Waals surface area contributed by atoms with E-state index in [0.717, 1.165) is 5.92 Å². The van der Waals surface area contributed by atoms with Gasteiger partial charge in [0, 0.05) is 0 Å². The molecule has 0 aliphatic heterocycles. The minimum absolute atomic E-state index is 1.03. The zero-order chi connectivity index (χ0) is 18.7. The summed E-state index contributed by atoms with van der Waals surface area (Å²) in [6.45, 7) is 7.17. The van der Waals surface area contributed by atoms with Gasteiger partial charge in [-0.2, -0.15) is 0 Å². The summed E-state index contributed by atoms with van der Waals surface area (Å²) in [5, 5.41) is 0. The average molecular weight is 483 g/mol. The number of aryl methyl sites for hydroxylation is 1. The summed E-state index contributed by atoms with van der Waals surface area (Å²) in [6, 6.07) is 5.16. The van der Waals surface area contributed by atoms with Crippen molar-refractivity contribution in [3.8, 4) is 0 Å². The molecule has 0 amide bonds. The van der Waals surface area contributed by atoms with Gasteiger partial charge in [-0.15, -0.1) is 0 Å². The fraction of sp³-hybridized carbons (Fsp3) is 0.833. The SMILES string of the molecule is CCC[CH2][Sn]([CH2]CCC)([CH2]CCC)[c]1ccc(CCC2CCCCC2)s1. The Kier molecular flexibility index (Phi) is 11.3. The molecule has 0 saturated heterocycles. The van der Waals surface area contributed by atoms with Gasteiger partial charge in [0.15, 0.2) is 0 Å². The Morgan fingerprint density at radius 1 is 0.846 bits per heavy atom. The summed E-state index contributed by atoms with van der Waals surface area (Å²) < 4.78 is 6.79. The van der Waals surface area contributed by atoms with Gasteiger partial charge >= 0.3 is 173 Å². The molecule has 0 bridgehead atoms. The van der Waals surface area contributed by atoms with Gasteiger partial charge in [0.25, 0.3) is 0 Å². The van der Waals surface area contributed by atoms with Crippen LogP contribution in [-0.2, 0) is 6.42 Å². The van der Waals surface area contributed by atoms with Gasteiger partial charge in [-0.3, -0.25) is 0 Å². The van der Waals surface area contributed by atoms with Crippen molar-refractivity contribution in [3.05, 3.63) is 17.0 Å². The Morgan fingerprint density at radius 2 is 1.42 bits per heavy atom. The van der Waals surface area contributed by atoms with Gasteiger partial charge in [0.2, 0.25) is 0 Å². The number of unbranched alkanes of at least 4 members (excludes halogenated alkanes) is 3. The molecule has 1 saturated carbocycles. The third kappa shape index (κ3) is 7.15. The predicted molar refractivity (Wildman–Crippen MR) is 124 cm³/mol. The van der Waals surface area contributed by atoms with Crippen LogP contribution >= 0.6 is 11.3 Å². The summed E-state index contributed by atoms with van der Waals surface area (Å²) in [5.41, 5.74) is 0. The van der Waals surface area contributed by atoms with Crippen LogP contribution in [-0.4, -0.2) is 18.4 Å². The Hall–Kier alpha value is 0.499. The molecule has 2 heteroatoms. The fourth-order valence-corrected chi connectivity index (χ4v) is 25.3. The molecule has 26 heavy (non-hydrogen) atoms. The zero-order valence-corrected chi connectivity index (χ0v) is 21.6. The van der Waals surface area contributed by atoms with Crippen LogP contribution in [0, 0.1) is 5.92 Å². The molecule has 1 aliphatic rings. The van der Waals surface area contributed by atoms with Crippen molar-refractivity contribution >= 4 is 32.6 Å². The third-order valence-corrected chi connectivity index (χ3v) is 26.2. The predicted octanol–water partition coefficient (Wildman–Crippen LogP) is 8.32. The maximum atomic E-state index is 2.62. The van der Waals surface area contributed by atoms with Crippen molar-refractivity contribution in [3.63, 3.8) is 0 Å². The first-order valence-electron chi connectivity index (χ1n) is 11.8. The molecule has 0 atom stereocenters. The van der Waals surface area contributed by atoms with E-state index in [2.05, 4.69) is 44.2 Å². The van der Waals surface area contributed by atoms with Crippen LogP contribution in [0.15, 0.2) is 12.1 Å². The molecule has 1 aromatic rings. The molecular formula is C24H44SSn. The molecule has 1 aromatic heterocycles. The van der Waals surface area contributed by atoms with Gasteiger partial charge in [-0.25, -0.2) is 0 Å². The standard InChI is InChI=1S/C12H17S.3C4H9.Sn/c1-2-5-11(6-3-1)8-9-12-7-4-10-13-12;3*1-3-4-2;/h4,7,11H,1-3,5-6,8-9H2;3*1,3-4H2,2H3;. The van der Waals surface area contributed by atoms with Crippen LogP contribution < -0.4 is 2.89 Å².